The summed E-state index contributed by atoms with van der Waals surface area (Å²) in [6.45, 7) is 2.20. The number of allylic oxidation sites excluding steroid dienone is 1. The quantitative estimate of drug-likeness (QED) is 0.193. The van der Waals surface area contributed by atoms with E-state index in [0.29, 0.717) is 11.3 Å². The van der Waals surface area contributed by atoms with Gasteiger partial charge in [-0.3, -0.25) is 4.79 Å². The lowest BCUT2D eigenvalue weighted by atomic mass is 10.1. The van der Waals surface area contributed by atoms with Crippen LogP contribution in [0.4, 0.5) is 0 Å². The molecule has 0 amide bonds. The van der Waals surface area contributed by atoms with E-state index in [1.807, 2.05) is 6.08 Å². The van der Waals surface area contributed by atoms with Gasteiger partial charge in [-0.2, -0.15) is 0 Å². The summed E-state index contributed by atoms with van der Waals surface area (Å²) in [7, 11) is 0. The fraction of sp³-hybridized carbons (Fsp3) is 0.444. The number of carbonyl (C=O) groups is 2. The largest absolute Gasteiger partial charge is 0.423 e. The van der Waals surface area contributed by atoms with Crippen molar-refractivity contribution in [3.05, 3.63) is 42.0 Å². The van der Waals surface area contributed by atoms with Gasteiger partial charge >= 0.3 is 5.97 Å². The number of halogens is 1. The highest BCUT2D eigenvalue weighted by atomic mass is 35.5. The van der Waals surface area contributed by atoms with E-state index in [4.69, 9.17) is 16.3 Å². The van der Waals surface area contributed by atoms with Crippen molar-refractivity contribution < 1.29 is 14.3 Å². The summed E-state index contributed by atoms with van der Waals surface area (Å²) in [5, 5.41) is -0.531. The van der Waals surface area contributed by atoms with Crippen LogP contribution in [0.25, 0.3) is 0 Å². The number of carbonyl (C=O) groups excluding carboxylic acids is 2. The van der Waals surface area contributed by atoms with Crippen molar-refractivity contribution in [2.24, 2.45) is 0 Å². The predicted molar refractivity (Wildman–Crippen MR) is 89.4 cm³/mol. The maximum absolute atomic E-state index is 11.6. The molecule has 0 heterocycles. The van der Waals surface area contributed by atoms with Gasteiger partial charge in [0.15, 0.2) is 0 Å². The number of rotatable bonds is 10. The van der Waals surface area contributed by atoms with Crippen LogP contribution in [0.3, 0.4) is 0 Å². The van der Waals surface area contributed by atoms with Gasteiger partial charge in [0.2, 0.25) is 0 Å². The van der Waals surface area contributed by atoms with Crippen LogP contribution in [0.5, 0.6) is 5.75 Å². The molecule has 0 fully saturated rings. The Kier molecular flexibility index (Phi) is 9.24. The van der Waals surface area contributed by atoms with E-state index in [1.165, 1.54) is 50.3 Å². The van der Waals surface area contributed by atoms with Gasteiger partial charge in [0.25, 0.3) is 5.24 Å². The SMILES string of the molecule is CCCCCCCCC=CC(=O)Oc1ccc(C(=O)Cl)cc1. The van der Waals surface area contributed by atoms with Crippen LogP contribution in [0, 0.1) is 0 Å². The van der Waals surface area contributed by atoms with Gasteiger partial charge in [-0.15, -0.1) is 0 Å². The third-order valence-electron chi connectivity index (χ3n) is 3.28. The fourth-order valence-electron chi connectivity index (χ4n) is 2.03. The second kappa shape index (κ2) is 11.0. The molecule has 0 spiro atoms. The molecular formula is C18H23ClO3. The molecule has 1 rings (SSSR count). The first kappa shape index (κ1) is 18.4. The van der Waals surface area contributed by atoms with Crippen LogP contribution in [-0.4, -0.2) is 11.2 Å². The van der Waals surface area contributed by atoms with Crippen molar-refractivity contribution in [2.75, 3.05) is 0 Å². The third kappa shape index (κ3) is 7.99. The smallest absolute Gasteiger partial charge is 0.335 e. The Bertz CT molecular complexity index is 492. The second-order valence-electron chi connectivity index (χ2n) is 5.18. The van der Waals surface area contributed by atoms with Crippen LogP contribution >= 0.6 is 11.6 Å². The number of hydrogen-bond donors (Lipinski definition) is 0. The van der Waals surface area contributed by atoms with Crippen LogP contribution in [0.2, 0.25) is 0 Å². The minimum Gasteiger partial charge on any atom is -0.423 e. The Hall–Kier alpha value is -1.61. The van der Waals surface area contributed by atoms with E-state index < -0.39 is 11.2 Å². The van der Waals surface area contributed by atoms with Gasteiger partial charge in [0, 0.05) is 11.6 Å². The molecule has 0 atom stereocenters. The molecule has 0 unspecified atom stereocenters. The first-order chi connectivity index (χ1) is 10.6. The Balaban J connectivity index is 2.22. The molecule has 3 nitrogen and oxygen atoms in total. The average Bonchev–Trinajstić information content (AvgIpc) is 2.50. The van der Waals surface area contributed by atoms with Gasteiger partial charge in [0.05, 0.1) is 0 Å². The number of esters is 1. The van der Waals surface area contributed by atoms with Crippen molar-refractivity contribution in [2.45, 2.75) is 51.9 Å². The molecule has 0 aliphatic carbocycles. The molecule has 0 aliphatic heterocycles. The molecule has 1 aromatic carbocycles. The summed E-state index contributed by atoms with van der Waals surface area (Å²) < 4.78 is 5.13. The highest BCUT2D eigenvalue weighted by molar-refractivity contribution is 6.67. The van der Waals surface area contributed by atoms with Crippen LogP contribution < -0.4 is 4.74 Å². The fourth-order valence-corrected chi connectivity index (χ4v) is 2.15. The molecule has 0 saturated heterocycles. The lowest BCUT2D eigenvalue weighted by Crippen LogP contribution is -2.03. The molecule has 1 aromatic rings. The zero-order chi connectivity index (χ0) is 16.2. The second-order valence-corrected chi connectivity index (χ2v) is 5.52. The molecule has 0 aromatic heterocycles. The zero-order valence-electron chi connectivity index (χ0n) is 13.0. The number of unbranched alkanes of at least 4 members (excludes halogenated alkanes) is 6. The van der Waals surface area contributed by atoms with E-state index in [2.05, 4.69) is 6.92 Å². The van der Waals surface area contributed by atoms with Gasteiger partial charge in [-0.25, -0.2) is 4.79 Å². The normalized spacial score (nSPS) is 10.8. The molecule has 0 aliphatic rings. The molecule has 22 heavy (non-hydrogen) atoms. The van der Waals surface area contributed by atoms with Gasteiger partial charge in [0.1, 0.15) is 5.75 Å². The van der Waals surface area contributed by atoms with Crippen LogP contribution in [0.1, 0.15) is 62.2 Å². The van der Waals surface area contributed by atoms with E-state index in [-0.39, 0.29) is 0 Å². The molecule has 4 heteroatoms. The topological polar surface area (TPSA) is 43.4 Å². The number of hydrogen-bond acceptors (Lipinski definition) is 3. The van der Waals surface area contributed by atoms with Gasteiger partial charge in [-0.05, 0) is 48.7 Å². The summed E-state index contributed by atoms with van der Waals surface area (Å²) in [6.07, 6.45) is 11.6. The molecule has 120 valence electrons. The minimum atomic E-state index is -0.531. The van der Waals surface area contributed by atoms with Crippen molar-refractivity contribution in [3.8, 4) is 5.75 Å². The predicted octanol–water partition coefficient (Wildman–Crippen LogP) is 5.28. The summed E-state index contributed by atoms with van der Waals surface area (Å²) in [5.74, 6) is -0.00758. The van der Waals surface area contributed by atoms with Gasteiger partial charge in [-0.1, -0.05) is 45.1 Å². The van der Waals surface area contributed by atoms with E-state index in [1.54, 1.807) is 12.1 Å². The maximum atomic E-state index is 11.6. The summed E-state index contributed by atoms with van der Waals surface area (Å²) in [5.41, 5.74) is 0.375. The molecule has 0 radical (unpaired) electrons. The van der Waals surface area contributed by atoms with Crippen molar-refractivity contribution in [3.63, 3.8) is 0 Å². The lowest BCUT2D eigenvalue weighted by molar-refractivity contribution is -0.129. The maximum Gasteiger partial charge on any atom is 0.335 e. The number of ether oxygens (including phenoxy) is 1. The Morgan fingerprint density at radius 3 is 2.32 bits per heavy atom. The van der Waals surface area contributed by atoms with Crippen molar-refractivity contribution in [1.82, 2.24) is 0 Å². The first-order valence-corrected chi connectivity index (χ1v) is 8.19. The van der Waals surface area contributed by atoms with Crippen molar-refractivity contribution >= 4 is 22.8 Å². The van der Waals surface area contributed by atoms with Gasteiger partial charge < -0.3 is 4.74 Å². The van der Waals surface area contributed by atoms with E-state index >= 15 is 0 Å². The Labute approximate surface area is 137 Å². The monoisotopic (exact) mass is 322 g/mol. The Morgan fingerprint density at radius 2 is 1.68 bits per heavy atom. The lowest BCUT2D eigenvalue weighted by Gasteiger charge is -2.01. The minimum absolute atomic E-state index is 0.375. The summed E-state index contributed by atoms with van der Waals surface area (Å²) in [6, 6.07) is 6.15. The third-order valence-corrected chi connectivity index (χ3v) is 3.50. The molecular weight excluding hydrogens is 300 g/mol. The summed E-state index contributed by atoms with van der Waals surface area (Å²) >= 11 is 5.34. The van der Waals surface area contributed by atoms with Crippen molar-refractivity contribution in [1.29, 1.82) is 0 Å². The first-order valence-electron chi connectivity index (χ1n) is 7.81. The van der Waals surface area contributed by atoms with Crippen LogP contribution in [-0.2, 0) is 4.79 Å². The van der Waals surface area contributed by atoms with Crippen LogP contribution in [0.15, 0.2) is 36.4 Å². The molecule has 0 bridgehead atoms. The Morgan fingerprint density at radius 1 is 1.05 bits per heavy atom. The van der Waals surface area contributed by atoms with E-state index in [9.17, 15) is 9.59 Å². The zero-order valence-corrected chi connectivity index (χ0v) is 13.8. The highest BCUT2D eigenvalue weighted by Crippen LogP contribution is 2.14. The van der Waals surface area contributed by atoms with E-state index in [0.717, 1.165) is 12.8 Å². The standard InChI is InChI=1S/C18H23ClO3/c1-2-3-4-5-6-7-8-9-10-17(20)22-16-13-11-15(12-14-16)18(19)21/h9-14H,2-8H2,1H3. The number of benzene rings is 1. The molecule has 0 N–H and O–H groups in total. The molecule has 0 saturated carbocycles. The highest BCUT2D eigenvalue weighted by Gasteiger charge is 2.03. The summed E-state index contributed by atoms with van der Waals surface area (Å²) in [4.78, 5) is 22.5. The average molecular weight is 323 g/mol.